The first-order valence-corrected chi connectivity index (χ1v) is 7.40. The van der Waals surface area contributed by atoms with Gasteiger partial charge in [0.05, 0.1) is 5.76 Å². The zero-order valence-electron chi connectivity index (χ0n) is 12.8. The molecule has 0 amide bonds. The van der Waals surface area contributed by atoms with E-state index in [1.807, 2.05) is 54.6 Å². The SMILES string of the molecule is CC1=Cc2c(OCc3ccccc3)cccc2C(C[N+](=O)[O-])O1. The molecule has 0 aliphatic carbocycles. The Morgan fingerprint density at radius 1 is 1.17 bits per heavy atom. The number of hydrogen-bond donors (Lipinski definition) is 0. The zero-order valence-corrected chi connectivity index (χ0v) is 12.8. The lowest BCUT2D eigenvalue weighted by Crippen LogP contribution is -2.19. The third kappa shape index (κ3) is 3.51. The zero-order chi connectivity index (χ0) is 16.2. The van der Waals surface area contributed by atoms with E-state index in [-0.39, 0.29) is 11.5 Å². The number of nitrogens with zero attached hydrogens (tertiary/aromatic N) is 1. The summed E-state index contributed by atoms with van der Waals surface area (Å²) in [5, 5.41) is 10.9. The highest BCUT2D eigenvalue weighted by atomic mass is 16.6. The van der Waals surface area contributed by atoms with E-state index >= 15 is 0 Å². The highest BCUT2D eigenvalue weighted by Crippen LogP contribution is 2.36. The standard InChI is InChI=1S/C18H17NO4/c1-13-10-16-15(18(23-13)11-19(20)21)8-5-9-17(16)22-12-14-6-3-2-4-7-14/h2-10,18H,11-12H2,1H3. The maximum absolute atomic E-state index is 10.9. The van der Waals surface area contributed by atoms with Gasteiger partial charge in [0.15, 0.2) is 6.10 Å². The minimum Gasteiger partial charge on any atom is -0.488 e. The van der Waals surface area contributed by atoms with Crippen molar-refractivity contribution >= 4 is 6.08 Å². The lowest BCUT2D eigenvalue weighted by Gasteiger charge is -2.24. The van der Waals surface area contributed by atoms with E-state index < -0.39 is 6.10 Å². The Balaban J connectivity index is 1.87. The van der Waals surface area contributed by atoms with E-state index in [4.69, 9.17) is 9.47 Å². The minimum atomic E-state index is -0.578. The van der Waals surface area contributed by atoms with E-state index in [1.165, 1.54) is 0 Å². The number of allylic oxidation sites excluding steroid dienone is 1. The van der Waals surface area contributed by atoms with Gasteiger partial charge in [-0.1, -0.05) is 42.5 Å². The Bertz CT molecular complexity index is 740. The third-order valence-corrected chi connectivity index (χ3v) is 3.67. The molecule has 0 spiro atoms. The van der Waals surface area contributed by atoms with Crippen LogP contribution in [0.4, 0.5) is 0 Å². The smallest absolute Gasteiger partial charge is 0.244 e. The van der Waals surface area contributed by atoms with Gasteiger partial charge < -0.3 is 9.47 Å². The number of ether oxygens (including phenoxy) is 2. The van der Waals surface area contributed by atoms with E-state index in [2.05, 4.69) is 0 Å². The van der Waals surface area contributed by atoms with Crippen molar-refractivity contribution in [2.75, 3.05) is 6.54 Å². The molecule has 23 heavy (non-hydrogen) atoms. The van der Waals surface area contributed by atoms with Crippen molar-refractivity contribution < 1.29 is 14.4 Å². The van der Waals surface area contributed by atoms with Crippen molar-refractivity contribution in [3.8, 4) is 5.75 Å². The molecule has 0 bridgehead atoms. The Labute approximate surface area is 134 Å². The first-order chi connectivity index (χ1) is 11.1. The summed E-state index contributed by atoms with van der Waals surface area (Å²) in [5.74, 6) is 1.36. The van der Waals surface area contributed by atoms with Crippen LogP contribution in [-0.4, -0.2) is 11.5 Å². The quantitative estimate of drug-likeness (QED) is 0.619. The fourth-order valence-electron chi connectivity index (χ4n) is 2.65. The molecule has 2 aromatic rings. The van der Waals surface area contributed by atoms with Crippen molar-refractivity contribution in [1.82, 2.24) is 0 Å². The van der Waals surface area contributed by atoms with Crippen LogP contribution in [0.5, 0.6) is 5.75 Å². The average Bonchev–Trinajstić information content (AvgIpc) is 2.53. The highest BCUT2D eigenvalue weighted by Gasteiger charge is 2.27. The Morgan fingerprint density at radius 2 is 1.96 bits per heavy atom. The molecule has 1 unspecified atom stereocenters. The molecule has 0 fully saturated rings. The summed E-state index contributed by atoms with van der Waals surface area (Å²) in [4.78, 5) is 10.5. The summed E-state index contributed by atoms with van der Waals surface area (Å²) < 4.78 is 11.5. The second-order valence-corrected chi connectivity index (χ2v) is 5.41. The van der Waals surface area contributed by atoms with Crippen molar-refractivity contribution in [3.63, 3.8) is 0 Å². The molecule has 5 nitrogen and oxygen atoms in total. The third-order valence-electron chi connectivity index (χ3n) is 3.67. The molecule has 5 heteroatoms. The van der Waals surface area contributed by atoms with Gasteiger partial charge in [-0.3, -0.25) is 10.1 Å². The van der Waals surface area contributed by atoms with Gasteiger partial charge in [0.2, 0.25) is 6.54 Å². The Hall–Kier alpha value is -2.82. The van der Waals surface area contributed by atoms with Gasteiger partial charge in [-0.15, -0.1) is 0 Å². The largest absolute Gasteiger partial charge is 0.488 e. The summed E-state index contributed by atoms with van der Waals surface area (Å²) in [5.41, 5.74) is 2.72. The molecule has 118 valence electrons. The summed E-state index contributed by atoms with van der Waals surface area (Å²) in [6.45, 7) is 1.98. The normalized spacial score (nSPS) is 16.0. The summed E-state index contributed by atoms with van der Waals surface area (Å²) in [7, 11) is 0. The predicted molar refractivity (Wildman–Crippen MR) is 86.6 cm³/mol. The summed E-state index contributed by atoms with van der Waals surface area (Å²) >= 11 is 0. The van der Waals surface area contributed by atoms with Gasteiger partial charge in [0, 0.05) is 16.1 Å². The summed E-state index contributed by atoms with van der Waals surface area (Å²) in [6, 6.07) is 15.4. The van der Waals surface area contributed by atoms with Crippen LogP contribution in [-0.2, 0) is 11.3 Å². The fourth-order valence-corrected chi connectivity index (χ4v) is 2.65. The number of fused-ring (bicyclic) bond motifs is 1. The first kappa shape index (κ1) is 15.1. The van der Waals surface area contributed by atoms with Gasteiger partial charge in [-0.2, -0.15) is 0 Å². The van der Waals surface area contributed by atoms with Gasteiger partial charge >= 0.3 is 0 Å². The lowest BCUT2D eigenvalue weighted by atomic mass is 9.98. The Kier molecular flexibility index (Phi) is 4.28. The minimum absolute atomic E-state index is 0.264. The molecule has 1 aliphatic heterocycles. The maximum Gasteiger partial charge on any atom is 0.244 e. The molecular formula is C18H17NO4. The van der Waals surface area contributed by atoms with Crippen LogP contribution in [0.25, 0.3) is 6.08 Å². The molecule has 1 atom stereocenters. The van der Waals surface area contributed by atoms with Crippen LogP contribution in [0.1, 0.15) is 29.7 Å². The van der Waals surface area contributed by atoms with E-state index in [0.29, 0.717) is 18.1 Å². The van der Waals surface area contributed by atoms with Crippen LogP contribution in [0.2, 0.25) is 0 Å². The van der Waals surface area contributed by atoms with Gasteiger partial charge in [0.1, 0.15) is 12.4 Å². The number of benzene rings is 2. The van der Waals surface area contributed by atoms with Crippen LogP contribution < -0.4 is 4.74 Å². The van der Waals surface area contributed by atoms with Gasteiger partial charge in [-0.25, -0.2) is 0 Å². The number of rotatable bonds is 5. The van der Waals surface area contributed by atoms with Crippen molar-refractivity contribution in [2.24, 2.45) is 0 Å². The molecule has 3 rings (SSSR count). The molecule has 1 heterocycles. The second-order valence-electron chi connectivity index (χ2n) is 5.41. The van der Waals surface area contributed by atoms with E-state index in [1.54, 1.807) is 6.92 Å². The monoisotopic (exact) mass is 311 g/mol. The van der Waals surface area contributed by atoms with E-state index in [9.17, 15) is 10.1 Å². The average molecular weight is 311 g/mol. The maximum atomic E-state index is 10.9. The van der Waals surface area contributed by atoms with Crippen molar-refractivity contribution in [1.29, 1.82) is 0 Å². The fraction of sp³-hybridized carbons (Fsp3) is 0.222. The van der Waals surface area contributed by atoms with Crippen molar-refractivity contribution in [3.05, 3.63) is 81.1 Å². The highest BCUT2D eigenvalue weighted by molar-refractivity contribution is 5.64. The molecule has 0 aromatic heterocycles. The topological polar surface area (TPSA) is 61.6 Å². The van der Waals surface area contributed by atoms with Crippen LogP contribution in [0.15, 0.2) is 54.3 Å². The van der Waals surface area contributed by atoms with Crippen LogP contribution in [0.3, 0.4) is 0 Å². The Morgan fingerprint density at radius 3 is 2.70 bits per heavy atom. The molecule has 0 N–H and O–H groups in total. The molecular weight excluding hydrogens is 294 g/mol. The van der Waals surface area contributed by atoms with Gasteiger partial charge in [0.25, 0.3) is 0 Å². The number of hydrogen-bond acceptors (Lipinski definition) is 4. The van der Waals surface area contributed by atoms with E-state index in [0.717, 1.165) is 16.7 Å². The van der Waals surface area contributed by atoms with Crippen LogP contribution in [0, 0.1) is 10.1 Å². The van der Waals surface area contributed by atoms with Crippen LogP contribution >= 0.6 is 0 Å². The van der Waals surface area contributed by atoms with Crippen molar-refractivity contribution in [2.45, 2.75) is 19.6 Å². The predicted octanol–water partition coefficient (Wildman–Crippen LogP) is 3.97. The lowest BCUT2D eigenvalue weighted by molar-refractivity contribution is -0.491. The summed E-state index contributed by atoms with van der Waals surface area (Å²) in [6.07, 6.45) is 1.29. The molecule has 1 aliphatic rings. The molecule has 0 radical (unpaired) electrons. The molecule has 0 saturated heterocycles. The number of nitro groups is 1. The first-order valence-electron chi connectivity index (χ1n) is 7.40. The molecule has 2 aromatic carbocycles. The van der Waals surface area contributed by atoms with Gasteiger partial charge in [-0.05, 0) is 24.6 Å². The molecule has 0 saturated carbocycles. The second kappa shape index (κ2) is 6.52.